The van der Waals surface area contributed by atoms with E-state index in [1.807, 2.05) is 20.8 Å². The van der Waals surface area contributed by atoms with Gasteiger partial charge in [-0.25, -0.2) is 8.42 Å². The summed E-state index contributed by atoms with van der Waals surface area (Å²) in [7, 11) is -1.79. The normalized spacial score (nSPS) is 16.5. The highest BCUT2D eigenvalue weighted by atomic mass is 32.2. The molecule has 1 aliphatic heterocycles. The highest BCUT2D eigenvalue weighted by Gasteiger charge is 2.33. The standard InChI is InChI=1S/C18H25N5O3S/c1-18(2,3)16-15(13-21(4)20-16)17(24)22-8-10-23(11-9-22)27(25,26)14-6-5-7-19-12-14/h5-7,12-13H,8-11H2,1-4H3. The van der Waals surface area contributed by atoms with Gasteiger partial charge in [0.2, 0.25) is 10.0 Å². The molecule has 146 valence electrons. The molecule has 1 amide bonds. The number of carbonyl (C=O) groups is 1. The average molecular weight is 391 g/mol. The number of rotatable bonds is 3. The van der Waals surface area contributed by atoms with Crippen LogP contribution in [0.2, 0.25) is 0 Å². The largest absolute Gasteiger partial charge is 0.336 e. The minimum absolute atomic E-state index is 0.105. The second-order valence-corrected chi connectivity index (χ2v) is 9.64. The summed E-state index contributed by atoms with van der Waals surface area (Å²) >= 11 is 0. The number of nitrogens with zero attached hydrogens (tertiary/aromatic N) is 5. The van der Waals surface area contributed by atoms with Crippen molar-refractivity contribution in [2.45, 2.75) is 31.1 Å². The van der Waals surface area contributed by atoms with Crippen molar-refractivity contribution in [1.29, 1.82) is 0 Å². The van der Waals surface area contributed by atoms with Gasteiger partial charge in [-0.05, 0) is 12.1 Å². The quantitative estimate of drug-likeness (QED) is 0.786. The fraction of sp³-hybridized carbons (Fsp3) is 0.500. The number of aryl methyl sites for hydroxylation is 1. The van der Waals surface area contributed by atoms with Crippen molar-refractivity contribution in [3.8, 4) is 0 Å². The Bertz CT molecular complexity index is 924. The maximum absolute atomic E-state index is 13.0. The highest BCUT2D eigenvalue weighted by molar-refractivity contribution is 7.89. The Balaban J connectivity index is 1.74. The molecule has 0 aromatic carbocycles. The molecule has 3 rings (SSSR count). The van der Waals surface area contributed by atoms with E-state index in [1.165, 1.54) is 22.8 Å². The van der Waals surface area contributed by atoms with Crippen molar-refractivity contribution < 1.29 is 13.2 Å². The van der Waals surface area contributed by atoms with Crippen LogP contribution in [0.1, 0.15) is 36.8 Å². The van der Waals surface area contributed by atoms with Crippen LogP contribution in [0.4, 0.5) is 0 Å². The molecule has 0 spiro atoms. The van der Waals surface area contributed by atoms with E-state index in [2.05, 4.69) is 10.1 Å². The summed E-state index contributed by atoms with van der Waals surface area (Å²) in [5, 5.41) is 4.45. The Morgan fingerprint density at radius 1 is 1.15 bits per heavy atom. The van der Waals surface area contributed by atoms with Gasteiger partial charge < -0.3 is 4.90 Å². The summed E-state index contributed by atoms with van der Waals surface area (Å²) in [5.41, 5.74) is 1.08. The van der Waals surface area contributed by atoms with Crippen LogP contribution in [0.25, 0.3) is 0 Å². The zero-order valence-electron chi connectivity index (χ0n) is 16.1. The predicted molar refractivity (Wildman–Crippen MR) is 101 cm³/mol. The van der Waals surface area contributed by atoms with Crippen LogP contribution in [0.15, 0.2) is 35.6 Å². The maximum atomic E-state index is 13.0. The fourth-order valence-corrected chi connectivity index (χ4v) is 4.54. The molecule has 0 atom stereocenters. The molecule has 0 saturated carbocycles. The van der Waals surface area contributed by atoms with E-state index in [9.17, 15) is 13.2 Å². The number of piperazine rings is 1. The third-order valence-corrected chi connectivity index (χ3v) is 6.45. The molecular formula is C18H25N5O3S. The topological polar surface area (TPSA) is 88.4 Å². The number of carbonyl (C=O) groups excluding carboxylic acids is 1. The Morgan fingerprint density at radius 2 is 1.81 bits per heavy atom. The van der Waals surface area contributed by atoms with Gasteiger partial charge in [-0.2, -0.15) is 9.40 Å². The number of sulfonamides is 1. The van der Waals surface area contributed by atoms with Gasteiger partial charge in [-0.1, -0.05) is 20.8 Å². The van der Waals surface area contributed by atoms with Gasteiger partial charge >= 0.3 is 0 Å². The first-order chi connectivity index (χ1) is 12.6. The van der Waals surface area contributed by atoms with E-state index in [-0.39, 0.29) is 29.3 Å². The van der Waals surface area contributed by atoms with Crippen LogP contribution >= 0.6 is 0 Å². The number of aromatic nitrogens is 3. The summed E-state index contributed by atoms with van der Waals surface area (Å²) in [6.07, 6.45) is 4.62. The van der Waals surface area contributed by atoms with Gasteiger partial charge in [0.05, 0.1) is 11.3 Å². The molecule has 1 aliphatic rings. The SMILES string of the molecule is Cn1cc(C(=O)N2CCN(S(=O)(=O)c3cccnc3)CC2)c(C(C)(C)C)n1. The zero-order chi connectivity index (χ0) is 19.8. The molecule has 9 heteroatoms. The van der Waals surface area contributed by atoms with Crippen molar-refractivity contribution in [3.05, 3.63) is 42.0 Å². The highest BCUT2D eigenvalue weighted by Crippen LogP contribution is 2.26. The van der Waals surface area contributed by atoms with Crippen LogP contribution in [0.5, 0.6) is 0 Å². The summed E-state index contributed by atoms with van der Waals surface area (Å²) < 4.78 is 28.4. The number of hydrogen-bond acceptors (Lipinski definition) is 5. The molecule has 27 heavy (non-hydrogen) atoms. The van der Waals surface area contributed by atoms with E-state index < -0.39 is 10.0 Å². The van der Waals surface area contributed by atoms with E-state index in [4.69, 9.17) is 0 Å². The van der Waals surface area contributed by atoms with Crippen molar-refractivity contribution in [2.24, 2.45) is 7.05 Å². The molecular weight excluding hydrogens is 366 g/mol. The first kappa shape index (κ1) is 19.5. The van der Waals surface area contributed by atoms with E-state index >= 15 is 0 Å². The first-order valence-electron chi connectivity index (χ1n) is 8.84. The van der Waals surface area contributed by atoms with Gasteiger partial charge in [0.15, 0.2) is 0 Å². The second-order valence-electron chi connectivity index (χ2n) is 7.70. The lowest BCUT2D eigenvalue weighted by Crippen LogP contribution is -2.50. The first-order valence-corrected chi connectivity index (χ1v) is 10.3. The minimum Gasteiger partial charge on any atom is -0.336 e. The fourth-order valence-electron chi connectivity index (χ4n) is 3.15. The number of pyridine rings is 1. The third-order valence-electron chi connectivity index (χ3n) is 4.57. The summed E-state index contributed by atoms with van der Waals surface area (Å²) in [4.78, 5) is 18.8. The zero-order valence-corrected chi connectivity index (χ0v) is 16.9. The Labute approximate surface area is 159 Å². The smallest absolute Gasteiger partial charge is 0.257 e. The monoisotopic (exact) mass is 391 g/mol. The molecule has 3 heterocycles. The molecule has 1 saturated heterocycles. The van der Waals surface area contributed by atoms with Gasteiger partial charge in [-0.3, -0.25) is 14.5 Å². The molecule has 2 aromatic rings. The summed E-state index contributed by atoms with van der Waals surface area (Å²) in [6.45, 7) is 7.26. The van der Waals surface area contributed by atoms with Crippen LogP contribution < -0.4 is 0 Å². The molecule has 0 N–H and O–H groups in total. The molecule has 0 bridgehead atoms. The molecule has 8 nitrogen and oxygen atoms in total. The van der Waals surface area contributed by atoms with Gasteiger partial charge in [0, 0.05) is 57.2 Å². The van der Waals surface area contributed by atoms with E-state index in [0.29, 0.717) is 18.7 Å². The predicted octanol–water partition coefficient (Wildman–Crippen LogP) is 1.26. The van der Waals surface area contributed by atoms with Crippen molar-refractivity contribution in [3.63, 3.8) is 0 Å². The number of amides is 1. The van der Waals surface area contributed by atoms with Crippen LogP contribution in [-0.2, 0) is 22.5 Å². The lowest BCUT2D eigenvalue weighted by molar-refractivity contribution is 0.0695. The Kier molecular flexibility index (Phi) is 5.09. The third kappa shape index (κ3) is 3.89. The summed E-state index contributed by atoms with van der Waals surface area (Å²) in [6, 6.07) is 3.13. The molecule has 0 aliphatic carbocycles. The van der Waals surface area contributed by atoms with Crippen molar-refractivity contribution >= 4 is 15.9 Å². The lowest BCUT2D eigenvalue weighted by Gasteiger charge is -2.34. The summed E-state index contributed by atoms with van der Waals surface area (Å²) in [5.74, 6) is -0.105. The Morgan fingerprint density at radius 3 is 2.37 bits per heavy atom. The molecule has 1 fully saturated rings. The van der Waals surface area contributed by atoms with Crippen LogP contribution in [0, 0.1) is 0 Å². The lowest BCUT2D eigenvalue weighted by atomic mass is 9.89. The Hall–Kier alpha value is -2.26. The van der Waals surface area contributed by atoms with Gasteiger partial charge in [0.25, 0.3) is 5.91 Å². The van der Waals surface area contributed by atoms with Gasteiger partial charge in [0.1, 0.15) is 4.90 Å². The van der Waals surface area contributed by atoms with E-state index in [0.717, 1.165) is 5.69 Å². The number of hydrogen-bond donors (Lipinski definition) is 0. The van der Waals surface area contributed by atoms with Crippen LogP contribution in [0.3, 0.4) is 0 Å². The molecule has 2 aromatic heterocycles. The second kappa shape index (κ2) is 7.05. The average Bonchev–Trinajstić information content (AvgIpc) is 3.04. The van der Waals surface area contributed by atoms with Crippen molar-refractivity contribution in [2.75, 3.05) is 26.2 Å². The van der Waals surface area contributed by atoms with Crippen molar-refractivity contribution in [1.82, 2.24) is 24.0 Å². The molecule has 0 radical (unpaired) electrons. The minimum atomic E-state index is -3.59. The maximum Gasteiger partial charge on any atom is 0.257 e. The molecule has 0 unspecified atom stereocenters. The van der Waals surface area contributed by atoms with Crippen LogP contribution in [-0.4, -0.2) is 64.5 Å². The van der Waals surface area contributed by atoms with E-state index in [1.54, 1.807) is 28.9 Å². The van der Waals surface area contributed by atoms with Gasteiger partial charge in [-0.15, -0.1) is 0 Å².